The first-order chi connectivity index (χ1) is 14.7. The van der Waals surface area contributed by atoms with Crippen LogP contribution in [0.4, 0.5) is 0 Å². The number of hydrogen-bond acceptors (Lipinski definition) is 4. The lowest BCUT2D eigenvalue weighted by Gasteiger charge is -2.22. The highest BCUT2D eigenvalue weighted by molar-refractivity contribution is 5.96. The van der Waals surface area contributed by atoms with Gasteiger partial charge in [-0.3, -0.25) is 9.59 Å². The van der Waals surface area contributed by atoms with Gasteiger partial charge in [0.2, 0.25) is 0 Å². The second-order valence-electron chi connectivity index (χ2n) is 7.84. The van der Waals surface area contributed by atoms with Crippen LogP contribution in [0, 0.1) is 11.8 Å². The summed E-state index contributed by atoms with van der Waals surface area (Å²) in [7, 11) is 0. The van der Waals surface area contributed by atoms with Crippen molar-refractivity contribution in [1.82, 2.24) is 4.90 Å². The maximum atomic E-state index is 13.2. The van der Waals surface area contributed by atoms with E-state index in [0.717, 1.165) is 24.6 Å². The van der Waals surface area contributed by atoms with E-state index in [-0.39, 0.29) is 23.7 Å². The molecule has 3 aromatic rings. The minimum atomic E-state index is -0.150. The predicted molar refractivity (Wildman–Crippen MR) is 115 cm³/mol. The number of aryl methyl sites for hydroxylation is 1. The topological polar surface area (TPSA) is 59.8 Å². The molecule has 2 atom stereocenters. The number of esters is 1. The van der Waals surface area contributed by atoms with Crippen LogP contribution in [-0.4, -0.2) is 36.5 Å². The standard InChI is InChI=1S/C25H27NO4/c1-2-29-25(28)21-15-20(21)17-26(14-8-11-18-9-4-3-5-10-18)24(27)23-16-19-12-6-7-13-22(19)30-23/h3-7,9-10,12-13,16,20-21H,2,8,11,14-15,17H2,1H3/t20-,21+/m0/s1. The summed E-state index contributed by atoms with van der Waals surface area (Å²) in [6.07, 6.45) is 2.53. The minimum Gasteiger partial charge on any atom is -0.466 e. The highest BCUT2D eigenvalue weighted by Gasteiger charge is 2.45. The molecular formula is C25H27NO4. The van der Waals surface area contributed by atoms with Crippen molar-refractivity contribution >= 4 is 22.8 Å². The Morgan fingerprint density at radius 3 is 2.63 bits per heavy atom. The Balaban J connectivity index is 1.44. The van der Waals surface area contributed by atoms with E-state index >= 15 is 0 Å². The van der Waals surface area contributed by atoms with Gasteiger partial charge in [-0.2, -0.15) is 0 Å². The molecule has 0 saturated heterocycles. The lowest BCUT2D eigenvalue weighted by atomic mass is 10.1. The molecule has 5 nitrogen and oxygen atoms in total. The number of rotatable bonds is 9. The molecule has 4 rings (SSSR count). The van der Waals surface area contributed by atoms with Gasteiger partial charge in [0, 0.05) is 18.5 Å². The smallest absolute Gasteiger partial charge is 0.309 e. The van der Waals surface area contributed by atoms with Crippen molar-refractivity contribution in [1.29, 1.82) is 0 Å². The molecule has 1 aliphatic rings. The molecule has 1 heterocycles. The largest absolute Gasteiger partial charge is 0.466 e. The fourth-order valence-corrected chi connectivity index (χ4v) is 3.91. The molecular weight excluding hydrogens is 378 g/mol. The van der Waals surface area contributed by atoms with E-state index in [0.29, 0.717) is 31.0 Å². The van der Waals surface area contributed by atoms with E-state index in [9.17, 15) is 9.59 Å². The highest BCUT2D eigenvalue weighted by Crippen LogP contribution is 2.40. The van der Waals surface area contributed by atoms with E-state index in [4.69, 9.17) is 9.15 Å². The van der Waals surface area contributed by atoms with Gasteiger partial charge in [-0.05, 0) is 49.8 Å². The van der Waals surface area contributed by atoms with E-state index in [1.54, 1.807) is 6.07 Å². The molecule has 5 heteroatoms. The zero-order valence-corrected chi connectivity index (χ0v) is 17.3. The summed E-state index contributed by atoms with van der Waals surface area (Å²) < 4.78 is 10.9. The molecule has 0 aliphatic heterocycles. The Bertz CT molecular complexity index is 977. The van der Waals surface area contributed by atoms with Crippen LogP contribution in [0.2, 0.25) is 0 Å². The van der Waals surface area contributed by atoms with Gasteiger partial charge in [0.1, 0.15) is 5.58 Å². The third-order valence-corrected chi connectivity index (χ3v) is 5.63. The summed E-state index contributed by atoms with van der Waals surface area (Å²) in [5.41, 5.74) is 1.96. The van der Waals surface area contributed by atoms with Gasteiger partial charge < -0.3 is 14.1 Å². The van der Waals surface area contributed by atoms with Crippen molar-refractivity contribution in [2.75, 3.05) is 19.7 Å². The van der Waals surface area contributed by atoms with Crippen molar-refractivity contribution in [2.24, 2.45) is 11.8 Å². The number of amides is 1. The molecule has 0 N–H and O–H groups in total. The number of furan rings is 1. The van der Waals surface area contributed by atoms with Crippen molar-refractivity contribution in [3.63, 3.8) is 0 Å². The zero-order valence-electron chi connectivity index (χ0n) is 17.3. The van der Waals surface area contributed by atoms with E-state index < -0.39 is 0 Å². The van der Waals surface area contributed by atoms with Crippen LogP contribution in [0.5, 0.6) is 0 Å². The van der Waals surface area contributed by atoms with Crippen LogP contribution in [0.3, 0.4) is 0 Å². The van der Waals surface area contributed by atoms with Crippen LogP contribution >= 0.6 is 0 Å². The number of ether oxygens (including phenoxy) is 1. The summed E-state index contributed by atoms with van der Waals surface area (Å²) in [4.78, 5) is 27.1. The molecule has 1 saturated carbocycles. The van der Waals surface area contributed by atoms with E-state index in [1.165, 1.54) is 5.56 Å². The second kappa shape index (κ2) is 9.16. The number of carbonyl (C=O) groups is 2. The third-order valence-electron chi connectivity index (χ3n) is 5.63. The van der Waals surface area contributed by atoms with Gasteiger partial charge in [0.25, 0.3) is 5.91 Å². The average molecular weight is 405 g/mol. The summed E-state index contributed by atoms with van der Waals surface area (Å²) >= 11 is 0. The fourth-order valence-electron chi connectivity index (χ4n) is 3.91. The molecule has 0 bridgehead atoms. The second-order valence-corrected chi connectivity index (χ2v) is 7.84. The number of carbonyl (C=O) groups excluding carboxylic acids is 2. The lowest BCUT2D eigenvalue weighted by Crippen LogP contribution is -2.34. The van der Waals surface area contributed by atoms with Gasteiger partial charge in [-0.25, -0.2) is 0 Å². The first-order valence-corrected chi connectivity index (χ1v) is 10.6. The number of benzene rings is 2. The zero-order chi connectivity index (χ0) is 20.9. The monoisotopic (exact) mass is 405 g/mol. The highest BCUT2D eigenvalue weighted by atomic mass is 16.5. The van der Waals surface area contributed by atoms with Crippen molar-refractivity contribution < 1.29 is 18.7 Å². The molecule has 1 aromatic heterocycles. The average Bonchev–Trinajstić information content (AvgIpc) is 3.40. The third kappa shape index (κ3) is 4.73. The van der Waals surface area contributed by atoms with Crippen LogP contribution in [-0.2, 0) is 16.0 Å². The number of nitrogens with zero attached hydrogens (tertiary/aromatic N) is 1. The summed E-state index contributed by atoms with van der Waals surface area (Å²) in [5.74, 6) is 0.153. The number of fused-ring (bicyclic) bond motifs is 1. The Kier molecular flexibility index (Phi) is 6.17. The van der Waals surface area contributed by atoms with Crippen LogP contribution in [0.25, 0.3) is 11.0 Å². The van der Waals surface area contributed by atoms with E-state index in [1.807, 2.05) is 54.3 Å². The molecule has 1 fully saturated rings. The predicted octanol–water partition coefficient (Wildman–Crippen LogP) is 4.71. The van der Waals surface area contributed by atoms with Gasteiger partial charge in [0.05, 0.1) is 12.5 Å². The SMILES string of the molecule is CCOC(=O)[C@@H]1C[C@H]1CN(CCCc1ccccc1)C(=O)c1cc2ccccc2o1. The Labute approximate surface area is 176 Å². The molecule has 0 spiro atoms. The van der Waals surface area contributed by atoms with Gasteiger partial charge >= 0.3 is 5.97 Å². The van der Waals surface area contributed by atoms with E-state index in [2.05, 4.69) is 12.1 Å². The Morgan fingerprint density at radius 2 is 1.87 bits per heavy atom. The van der Waals surface area contributed by atoms with Crippen molar-refractivity contribution in [2.45, 2.75) is 26.2 Å². The van der Waals surface area contributed by atoms with Crippen molar-refractivity contribution in [3.8, 4) is 0 Å². The summed E-state index contributed by atoms with van der Waals surface area (Å²) in [5, 5.41) is 0.918. The quantitative estimate of drug-likeness (QED) is 0.484. The summed E-state index contributed by atoms with van der Waals surface area (Å²) in [6, 6.07) is 19.7. The van der Waals surface area contributed by atoms with Crippen LogP contribution in [0.1, 0.15) is 35.9 Å². The number of hydrogen-bond donors (Lipinski definition) is 0. The molecule has 1 aliphatic carbocycles. The molecule has 1 amide bonds. The molecule has 0 radical (unpaired) electrons. The lowest BCUT2D eigenvalue weighted by molar-refractivity contribution is -0.145. The number of para-hydroxylation sites is 1. The van der Waals surface area contributed by atoms with Gasteiger partial charge in [-0.15, -0.1) is 0 Å². The molecule has 156 valence electrons. The molecule has 30 heavy (non-hydrogen) atoms. The normalized spacial score (nSPS) is 17.6. The minimum absolute atomic E-state index is 0.0925. The van der Waals surface area contributed by atoms with Gasteiger partial charge in [-0.1, -0.05) is 48.5 Å². The molecule has 2 aromatic carbocycles. The maximum Gasteiger partial charge on any atom is 0.309 e. The first kappa shape index (κ1) is 20.2. The Hall–Kier alpha value is -3.08. The van der Waals surface area contributed by atoms with Gasteiger partial charge in [0.15, 0.2) is 5.76 Å². The molecule has 0 unspecified atom stereocenters. The van der Waals surface area contributed by atoms with Crippen LogP contribution in [0.15, 0.2) is 65.1 Å². The fraction of sp³-hybridized carbons (Fsp3) is 0.360. The maximum absolute atomic E-state index is 13.2. The summed E-state index contributed by atoms with van der Waals surface area (Å²) in [6.45, 7) is 3.38. The van der Waals surface area contributed by atoms with Crippen LogP contribution < -0.4 is 0 Å². The first-order valence-electron chi connectivity index (χ1n) is 10.6. The Morgan fingerprint density at radius 1 is 1.10 bits per heavy atom. The van der Waals surface area contributed by atoms with Crippen molar-refractivity contribution in [3.05, 3.63) is 72.0 Å².